The maximum absolute atomic E-state index is 13.3. The Morgan fingerprint density at radius 3 is 2.50 bits per heavy atom. The highest BCUT2D eigenvalue weighted by Gasteiger charge is 2.37. The fourth-order valence-electron chi connectivity index (χ4n) is 3.99. The maximum atomic E-state index is 13.3. The van der Waals surface area contributed by atoms with Crippen LogP contribution in [0.4, 0.5) is 10.1 Å². The summed E-state index contributed by atoms with van der Waals surface area (Å²) in [5.41, 5.74) is 5.15. The van der Waals surface area contributed by atoms with Crippen molar-refractivity contribution >= 4 is 5.69 Å². The molecule has 0 fully saturated rings. The second-order valence-electron chi connectivity index (χ2n) is 8.07. The molecular formula is C22H18FN5O2. The molecule has 0 saturated carbocycles. The van der Waals surface area contributed by atoms with Gasteiger partial charge in [0.25, 0.3) is 5.69 Å². The van der Waals surface area contributed by atoms with E-state index in [0.717, 1.165) is 40.3 Å². The molecule has 0 radical (unpaired) electrons. The second kappa shape index (κ2) is 6.35. The van der Waals surface area contributed by atoms with Gasteiger partial charge in [-0.05, 0) is 36.4 Å². The number of nitro benzene ring substituents is 1. The molecule has 2 aromatic carbocycles. The molecule has 1 N–H and O–H groups in total. The summed E-state index contributed by atoms with van der Waals surface area (Å²) in [5, 5.41) is 15.5. The third kappa shape index (κ3) is 2.80. The number of nitrogens with one attached hydrogen (secondary N) is 1. The Bertz CT molecular complexity index is 1270. The maximum Gasteiger partial charge on any atom is 0.269 e. The number of H-pyrrole nitrogens is 1. The van der Waals surface area contributed by atoms with Crippen LogP contribution in [0.5, 0.6) is 0 Å². The molecule has 5 rings (SSSR count). The predicted octanol–water partition coefficient (Wildman–Crippen LogP) is 4.81. The SMILES string of the molecule is CC1(C)Cc2c(cnn2-c2ccc(F)cc2)-c2nc(-c3ccc([N+](=O)[O-])cc3)[nH]c21. The molecule has 2 aromatic heterocycles. The van der Waals surface area contributed by atoms with E-state index < -0.39 is 4.92 Å². The quantitative estimate of drug-likeness (QED) is 0.393. The average Bonchev–Trinajstić information content (AvgIpc) is 3.33. The highest BCUT2D eigenvalue weighted by Crippen LogP contribution is 2.43. The molecule has 150 valence electrons. The predicted molar refractivity (Wildman–Crippen MR) is 110 cm³/mol. The molecule has 0 aliphatic heterocycles. The topological polar surface area (TPSA) is 89.6 Å². The summed E-state index contributed by atoms with van der Waals surface area (Å²) < 4.78 is 15.2. The smallest absolute Gasteiger partial charge is 0.269 e. The third-order valence-electron chi connectivity index (χ3n) is 5.54. The minimum Gasteiger partial charge on any atom is -0.341 e. The van der Waals surface area contributed by atoms with Gasteiger partial charge in [0.2, 0.25) is 0 Å². The lowest BCUT2D eigenvalue weighted by Crippen LogP contribution is -2.27. The monoisotopic (exact) mass is 403 g/mol. The van der Waals surface area contributed by atoms with Crippen LogP contribution < -0.4 is 0 Å². The van der Waals surface area contributed by atoms with Crippen molar-refractivity contribution in [1.29, 1.82) is 0 Å². The molecule has 0 saturated heterocycles. The Hall–Kier alpha value is -3.81. The summed E-state index contributed by atoms with van der Waals surface area (Å²) in [6.07, 6.45) is 2.52. The van der Waals surface area contributed by atoms with Crippen LogP contribution in [0.1, 0.15) is 25.2 Å². The molecule has 4 aromatic rings. The van der Waals surface area contributed by atoms with Gasteiger partial charge >= 0.3 is 0 Å². The second-order valence-corrected chi connectivity index (χ2v) is 8.07. The molecule has 30 heavy (non-hydrogen) atoms. The van der Waals surface area contributed by atoms with Crippen molar-refractivity contribution in [2.45, 2.75) is 25.7 Å². The highest BCUT2D eigenvalue weighted by molar-refractivity contribution is 5.73. The van der Waals surface area contributed by atoms with Gasteiger partial charge in [-0.2, -0.15) is 5.10 Å². The standard InChI is InChI=1S/C22H18FN5O2/c1-22(2)11-18-17(12-24-27(18)15-9-5-14(23)6-10-15)19-20(22)26-21(25-19)13-3-7-16(8-4-13)28(29)30/h3-10,12H,11H2,1-2H3,(H,25,26). The van der Waals surface area contributed by atoms with Gasteiger partial charge in [0.1, 0.15) is 11.6 Å². The fraction of sp³-hybridized carbons (Fsp3) is 0.182. The number of aromatic amines is 1. The first-order valence-electron chi connectivity index (χ1n) is 9.52. The van der Waals surface area contributed by atoms with Gasteiger partial charge in [-0.25, -0.2) is 14.1 Å². The van der Waals surface area contributed by atoms with E-state index in [0.29, 0.717) is 5.82 Å². The van der Waals surface area contributed by atoms with Crippen LogP contribution in [-0.2, 0) is 11.8 Å². The Morgan fingerprint density at radius 2 is 1.83 bits per heavy atom. The number of hydrogen-bond donors (Lipinski definition) is 1. The zero-order chi connectivity index (χ0) is 21.0. The zero-order valence-electron chi connectivity index (χ0n) is 16.4. The Labute approximate surface area is 171 Å². The van der Waals surface area contributed by atoms with Crippen LogP contribution in [0.2, 0.25) is 0 Å². The van der Waals surface area contributed by atoms with E-state index in [4.69, 9.17) is 4.98 Å². The minimum absolute atomic E-state index is 0.0401. The lowest BCUT2D eigenvalue weighted by atomic mass is 9.77. The largest absolute Gasteiger partial charge is 0.341 e. The fourth-order valence-corrected chi connectivity index (χ4v) is 3.99. The Morgan fingerprint density at radius 1 is 1.13 bits per heavy atom. The summed E-state index contributed by atoms with van der Waals surface area (Å²) in [7, 11) is 0. The molecular weight excluding hydrogens is 385 g/mol. The molecule has 0 amide bonds. The summed E-state index contributed by atoms with van der Waals surface area (Å²) >= 11 is 0. The van der Waals surface area contributed by atoms with Crippen molar-refractivity contribution in [2.75, 3.05) is 0 Å². The van der Waals surface area contributed by atoms with E-state index in [2.05, 4.69) is 23.9 Å². The van der Waals surface area contributed by atoms with Crippen molar-refractivity contribution in [3.63, 3.8) is 0 Å². The van der Waals surface area contributed by atoms with Crippen molar-refractivity contribution < 1.29 is 9.31 Å². The van der Waals surface area contributed by atoms with Crippen LogP contribution in [0, 0.1) is 15.9 Å². The minimum atomic E-state index is -0.420. The van der Waals surface area contributed by atoms with Gasteiger partial charge in [0, 0.05) is 40.8 Å². The number of hydrogen-bond acceptors (Lipinski definition) is 4. The van der Waals surface area contributed by atoms with Crippen LogP contribution >= 0.6 is 0 Å². The number of rotatable bonds is 3. The van der Waals surface area contributed by atoms with Gasteiger partial charge in [-0.3, -0.25) is 10.1 Å². The van der Waals surface area contributed by atoms with Crippen LogP contribution in [0.15, 0.2) is 54.7 Å². The van der Waals surface area contributed by atoms with E-state index in [-0.39, 0.29) is 16.9 Å². The Balaban J connectivity index is 1.61. The van der Waals surface area contributed by atoms with E-state index in [1.165, 1.54) is 24.3 Å². The first-order chi connectivity index (χ1) is 14.3. The number of nitro groups is 1. The molecule has 0 unspecified atom stereocenters. The molecule has 1 aliphatic rings. The van der Waals surface area contributed by atoms with E-state index in [1.54, 1.807) is 30.5 Å². The van der Waals surface area contributed by atoms with Crippen molar-refractivity contribution in [3.8, 4) is 28.3 Å². The molecule has 0 bridgehead atoms. The number of aromatic nitrogens is 4. The molecule has 8 heteroatoms. The number of imidazole rings is 1. The number of halogens is 1. The first-order valence-corrected chi connectivity index (χ1v) is 9.52. The van der Waals surface area contributed by atoms with Crippen molar-refractivity contribution in [1.82, 2.24) is 19.7 Å². The van der Waals surface area contributed by atoms with Crippen LogP contribution in [0.25, 0.3) is 28.3 Å². The van der Waals surface area contributed by atoms with E-state index in [9.17, 15) is 14.5 Å². The third-order valence-corrected chi connectivity index (χ3v) is 5.54. The van der Waals surface area contributed by atoms with Gasteiger partial charge in [0.05, 0.1) is 28.2 Å². The molecule has 0 atom stereocenters. The molecule has 1 aliphatic carbocycles. The average molecular weight is 403 g/mol. The van der Waals surface area contributed by atoms with Gasteiger partial charge in [-0.15, -0.1) is 0 Å². The van der Waals surface area contributed by atoms with Gasteiger partial charge < -0.3 is 4.98 Å². The number of benzene rings is 2. The normalized spacial score (nSPS) is 14.2. The van der Waals surface area contributed by atoms with Crippen LogP contribution in [0.3, 0.4) is 0 Å². The summed E-state index contributed by atoms with van der Waals surface area (Å²) in [6.45, 7) is 4.27. The Kier molecular flexibility index (Phi) is 3.86. The zero-order valence-corrected chi connectivity index (χ0v) is 16.4. The summed E-state index contributed by atoms with van der Waals surface area (Å²) in [4.78, 5) is 18.7. The number of nitrogens with zero attached hydrogens (tertiary/aromatic N) is 4. The van der Waals surface area contributed by atoms with Gasteiger partial charge in [-0.1, -0.05) is 13.8 Å². The van der Waals surface area contributed by atoms with Crippen LogP contribution in [-0.4, -0.2) is 24.7 Å². The van der Waals surface area contributed by atoms with Crippen molar-refractivity contribution in [2.24, 2.45) is 0 Å². The number of fused-ring (bicyclic) bond motifs is 3. The van der Waals surface area contributed by atoms with E-state index >= 15 is 0 Å². The van der Waals surface area contributed by atoms with Crippen molar-refractivity contribution in [3.05, 3.63) is 82.0 Å². The number of non-ortho nitro benzene ring substituents is 1. The molecule has 2 heterocycles. The molecule has 7 nitrogen and oxygen atoms in total. The van der Waals surface area contributed by atoms with E-state index in [1.807, 2.05) is 4.68 Å². The summed E-state index contributed by atoms with van der Waals surface area (Å²) in [6, 6.07) is 12.6. The first kappa shape index (κ1) is 18.2. The van der Waals surface area contributed by atoms with Gasteiger partial charge in [0.15, 0.2) is 0 Å². The summed E-state index contributed by atoms with van der Waals surface area (Å²) in [5.74, 6) is 0.368. The lowest BCUT2D eigenvalue weighted by molar-refractivity contribution is -0.384. The molecule has 0 spiro atoms. The lowest BCUT2D eigenvalue weighted by Gasteiger charge is -2.29. The highest BCUT2D eigenvalue weighted by atomic mass is 19.1.